The molecular formula is C19H21N3O3S. The molecule has 0 aliphatic carbocycles. The Morgan fingerprint density at radius 2 is 2.04 bits per heavy atom. The number of carbonyl (C=O) groups excluding carboxylic acids is 1. The third-order valence-corrected chi connectivity index (χ3v) is 4.57. The van der Waals surface area contributed by atoms with Crippen molar-refractivity contribution in [2.24, 2.45) is 0 Å². The molecule has 0 bridgehead atoms. The van der Waals surface area contributed by atoms with Crippen molar-refractivity contribution in [2.45, 2.75) is 32.7 Å². The Morgan fingerprint density at radius 3 is 2.77 bits per heavy atom. The van der Waals surface area contributed by atoms with Gasteiger partial charge in [-0.2, -0.15) is 4.98 Å². The molecule has 136 valence electrons. The van der Waals surface area contributed by atoms with Crippen LogP contribution in [0.25, 0.3) is 10.7 Å². The van der Waals surface area contributed by atoms with Crippen molar-refractivity contribution in [3.63, 3.8) is 0 Å². The van der Waals surface area contributed by atoms with Gasteiger partial charge in [-0.25, -0.2) is 0 Å². The molecule has 0 spiro atoms. The Bertz CT molecular complexity index is 866. The molecule has 1 aromatic carbocycles. The zero-order valence-electron chi connectivity index (χ0n) is 15.0. The highest BCUT2D eigenvalue weighted by molar-refractivity contribution is 7.13. The van der Waals surface area contributed by atoms with Crippen LogP contribution < -0.4 is 10.1 Å². The van der Waals surface area contributed by atoms with Crippen LogP contribution in [-0.2, 0) is 16.8 Å². The number of amides is 1. The highest BCUT2D eigenvalue weighted by atomic mass is 32.1. The number of ether oxygens (including phenoxy) is 1. The van der Waals surface area contributed by atoms with E-state index in [0.717, 1.165) is 10.4 Å². The van der Waals surface area contributed by atoms with Gasteiger partial charge in [0.25, 0.3) is 5.91 Å². The summed E-state index contributed by atoms with van der Waals surface area (Å²) in [5, 5.41) is 8.58. The third-order valence-electron chi connectivity index (χ3n) is 3.70. The molecule has 7 heteroatoms. The van der Waals surface area contributed by atoms with E-state index in [0.29, 0.717) is 17.5 Å². The molecule has 0 fully saturated rings. The number of para-hydroxylation sites is 1. The number of benzene rings is 1. The van der Waals surface area contributed by atoms with Crippen LogP contribution in [0.1, 0.15) is 32.2 Å². The van der Waals surface area contributed by atoms with E-state index in [2.05, 4.69) is 36.2 Å². The number of carbonyl (C=O) groups is 1. The van der Waals surface area contributed by atoms with Gasteiger partial charge in [0.05, 0.1) is 11.4 Å². The topological polar surface area (TPSA) is 77.2 Å². The summed E-state index contributed by atoms with van der Waals surface area (Å²) < 4.78 is 10.9. The monoisotopic (exact) mass is 371 g/mol. The number of hydrogen-bond donors (Lipinski definition) is 1. The van der Waals surface area contributed by atoms with E-state index in [9.17, 15) is 4.79 Å². The number of rotatable bonds is 6. The Kier molecular flexibility index (Phi) is 5.37. The van der Waals surface area contributed by atoms with Crippen molar-refractivity contribution in [3.8, 4) is 16.5 Å². The van der Waals surface area contributed by atoms with Gasteiger partial charge in [0.15, 0.2) is 6.61 Å². The molecule has 0 atom stereocenters. The highest BCUT2D eigenvalue weighted by Gasteiger charge is 2.19. The van der Waals surface area contributed by atoms with E-state index < -0.39 is 0 Å². The fraction of sp³-hybridized carbons (Fsp3) is 0.316. The van der Waals surface area contributed by atoms with E-state index in [1.165, 1.54) is 11.3 Å². The maximum absolute atomic E-state index is 12.1. The molecule has 26 heavy (non-hydrogen) atoms. The van der Waals surface area contributed by atoms with E-state index in [1.54, 1.807) is 0 Å². The van der Waals surface area contributed by atoms with Gasteiger partial charge in [-0.1, -0.05) is 50.2 Å². The highest BCUT2D eigenvalue weighted by Crippen LogP contribution is 2.30. The van der Waals surface area contributed by atoms with Gasteiger partial charge < -0.3 is 14.6 Å². The maximum atomic E-state index is 12.1. The van der Waals surface area contributed by atoms with Crippen LogP contribution in [0.2, 0.25) is 0 Å². The van der Waals surface area contributed by atoms with Gasteiger partial charge in [0.2, 0.25) is 11.7 Å². The summed E-state index contributed by atoms with van der Waals surface area (Å²) in [5.74, 6) is 1.36. The first-order valence-corrected chi connectivity index (χ1v) is 9.17. The zero-order valence-corrected chi connectivity index (χ0v) is 15.8. The van der Waals surface area contributed by atoms with Crippen LogP contribution in [0.3, 0.4) is 0 Å². The van der Waals surface area contributed by atoms with E-state index in [1.807, 2.05) is 41.8 Å². The van der Waals surface area contributed by atoms with E-state index in [-0.39, 0.29) is 24.5 Å². The number of aromatic nitrogens is 2. The third kappa shape index (κ3) is 4.49. The first-order valence-electron chi connectivity index (χ1n) is 8.29. The van der Waals surface area contributed by atoms with Crippen molar-refractivity contribution in [3.05, 3.63) is 53.2 Å². The summed E-state index contributed by atoms with van der Waals surface area (Å²) >= 11 is 1.53. The second kappa shape index (κ2) is 7.70. The van der Waals surface area contributed by atoms with Crippen molar-refractivity contribution < 1.29 is 14.1 Å². The summed E-state index contributed by atoms with van der Waals surface area (Å²) in [5.41, 5.74) is 1.000. The molecule has 1 N–H and O–H groups in total. The Morgan fingerprint density at radius 1 is 1.23 bits per heavy atom. The van der Waals surface area contributed by atoms with Gasteiger partial charge >= 0.3 is 0 Å². The lowest BCUT2D eigenvalue weighted by Crippen LogP contribution is -2.29. The van der Waals surface area contributed by atoms with Crippen molar-refractivity contribution >= 4 is 17.2 Å². The predicted octanol–water partition coefficient (Wildman–Crippen LogP) is 3.79. The van der Waals surface area contributed by atoms with Gasteiger partial charge in [-0.05, 0) is 28.5 Å². The minimum Gasteiger partial charge on any atom is -0.483 e. The fourth-order valence-electron chi connectivity index (χ4n) is 2.41. The largest absolute Gasteiger partial charge is 0.483 e. The molecule has 3 aromatic rings. The minimum absolute atomic E-state index is 0.0605. The maximum Gasteiger partial charge on any atom is 0.258 e. The quantitative estimate of drug-likeness (QED) is 0.713. The lowest BCUT2D eigenvalue weighted by atomic mass is 9.86. The molecule has 2 aromatic heterocycles. The number of nitrogens with one attached hydrogen (secondary N) is 1. The molecule has 0 unspecified atom stereocenters. The minimum atomic E-state index is -0.246. The number of thiophene rings is 1. The standard InChI is InChI=1S/C19H21N3O3S/c1-19(2,3)13-7-4-5-8-14(13)24-12-16(23)20-11-17-21-18(22-25-17)15-9-6-10-26-15/h4-10H,11-12H2,1-3H3,(H,20,23). The van der Waals surface area contributed by atoms with Crippen LogP contribution >= 0.6 is 11.3 Å². The molecule has 0 radical (unpaired) electrons. The first-order chi connectivity index (χ1) is 12.4. The molecule has 0 saturated carbocycles. The van der Waals surface area contributed by atoms with Gasteiger partial charge in [0, 0.05) is 0 Å². The molecule has 0 aliphatic rings. The van der Waals surface area contributed by atoms with Crippen molar-refractivity contribution in [1.82, 2.24) is 15.5 Å². The second-order valence-electron chi connectivity index (χ2n) is 6.80. The molecule has 6 nitrogen and oxygen atoms in total. The smallest absolute Gasteiger partial charge is 0.258 e. The van der Waals surface area contributed by atoms with E-state index in [4.69, 9.17) is 9.26 Å². The Balaban J connectivity index is 1.53. The molecule has 0 saturated heterocycles. The Labute approximate surface area is 156 Å². The number of hydrogen-bond acceptors (Lipinski definition) is 6. The predicted molar refractivity (Wildman–Crippen MR) is 100 cm³/mol. The fourth-order valence-corrected chi connectivity index (χ4v) is 3.06. The lowest BCUT2D eigenvalue weighted by Gasteiger charge is -2.22. The molecule has 0 aliphatic heterocycles. The van der Waals surface area contributed by atoms with Crippen molar-refractivity contribution in [2.75, 3.05) is 6.61 Å². The van der Waals surface area contributed by atoms with E-state index >= 15 is 0 Å². The zero-order chi connectivity index (χ0) is 18.6. The molecule has 1 amide bonds. The average molecular weight is 371 g/mol. The van der Waals surface area contributed by atoms with Crippen LogP contribution in [-0.4, -0.2) is 22.7 Å². The summed E-state index contributed by atoms with van der Waals surface area (Å²) in [7, 11) is 0. The van der Waals surface area contributed by atoms with Gasteiger partial charge in [-0.3, -0.25) is 4.79 Å². The van der Waals surface area contributed by atoms with Gasteiger partial charge in [0.1, 0.15) is 5.75 Å². The number of nitrogens with zero attached hydrogens (tertiary/aromatic N) is 2. The van der Waals surface area contributed by atoms with Gasteiger partial charge in [-0.15, -0.1) is 11.3 Å². The van der Waals surface area contributed by atoms with Crippen LogP contribution in [0.5, 0.6) is 5.75 Å². The molecule has 3 rings (SSSR count). The Hall–Kier alpha value is -2.67. The summed E-state index contributed by atoms with van der Waals surface area (Å²) in [6, 6.07) is 11.6. The molecular weight excluding hydrogens is 350 g/mol. The van der Waals surface area contributed by atoms with Crippen LogP contribution in [0, 0.1) is 0 Å². The normalized spacial score (nSPS) is 11.3. The van der Waals surface area contributed by atoms with Crippen LogP contribution in [0.4, 0.5) is 0 Å². The second-order valence-corrected chi connectivity index (χ2v) is 7.75. The lowest BCUT2D eigenvalue weighted by molar-refractivity contribution is -0.123. The summed E-state index contributed by atoms with van der Waals surface area (Å²) in [6.45, 7) is 6.42. The van der Waals surface area contributed by atoms with Crippen molar-refractivity contribution in [1.29, 1.82) is 0 Å². The van der Waals surface area contributed by atoms with Crippen LogP contribution in [0.15, 0.2) is 46.3 Å². The summed E-state index contributed by atoms with van der Waals surface area (Å²) in [4.78, 5) is 17.3. The first kappa shape index (κ1) is 18.1. The molecule has 2 heterocycles. The SMILES string of the molecule is CC(C)(C)c1ccccc1OCC(=O)NCc1nc(-c2cccs2)no1. The average Bonchev–Trinajstić information content (AvgIpc) is 3.28. The summed E-state index contributed by atoms with van der Waals surface area (Å²) in [6.07, 6.45) is 0.